The molecule has 0 unspecified atom stereocenters. The average molecular weight is 273 g/mol. The van der Waals surface area contributed by atoms with Crippen molar-refractivity contribution >= 4 is 16.5 Å². The molecular formula is C14H9F2N3O. The second kappa shape index (κ2) is 4.73. The predicted octanol–water partition coefficient (Wildman–Crippen LogP) is 3.28. The Morgan fingerprint density at radius 2 is 1.85 bits per heavy atom. The molecule has 0 atom stereocenters. The van der Waals surface area contributed by atoms with Gasteiger partial charge in [-0.2, -0.15) is 5.10 Å². The molecule has 0 bridgehead atoms. The summed E-state index contributed by atoms with van der Waals surface area (Å²) in [5.41, 5.74) is 5.00. The van der Waals surface area contributed by atoms with E-state index in [0.29, 0.717) is 5.39 Å². The van der Waals surface area contributed by atoms with E-state index in [1.54, 1.807) is 18.3 Å². The lowest BCUT2D eigenvalue weighted by Gasteiger charge is -2.08. The number of ether oxygens (including phenoxy) is 1. The van der Waals surface area contributed by atoms with Crippen molar-refractivity contribution in [3.63, 3.8) is 0 Å². The van der Waals surface area contributed by atoms with E-state index in [0.717, 1.165) is 17.5 Å². The van der Waals surface area contributed by atoms with Crippen LogP contribution in [0.3, 0.4) is 0 Å². The number of nitrogen functional groups attached to an aromatic ring is 1. The first-order chi connectivity index (χ1) is 9.65. The monoisotopic (exact) mass is 273 g/mol. The second-order valence-corrected chi connectivity index (χ2v) is 4.14. The van der Waals surface area contributed by atoms with Gasteiger partial charge in [0.1, 0.15) is 5.82 Å². The Balaban J connectivity index is 2.08. The lowest BCUT2D eigenvalue weighted by Crippen LogP contribution is -1.97. The van der Waals surface area contributed by atoms with Crippen LogP contribution in [0.4, 0.5) is 14.5 Å². The molecule has 2 aromatic carbocycles. The number of hydrogen-bond donors (Lipinski definition) is 1. The van der Waals surface area contributed by atoms with Crippen LogP contribution in [0.15, 0.2) is 42.6 Å². The lowest BCUT2D eigenvalue weighted by atomic mass is 10.2. The van der Waals surface area contributed by atoms with Crippen molar-refractivity contribution in [1.29, 1.82) is 0 Å². The molecule has 1 aromatic heterocycles. The number of anilines is 1. The van der Waals surface area contributed by atoms with Crippen LogP contribution < -0.4 is 10.5 Å². The normalized spacial score (nSPS) is 10.7. The van der Waals surface area contributed by atoms with Crippen molar-refractivity contribution in [3.8, 4) is 11.6 Å². The van der Waals surface area contributed by atoms with Gasteiger partial charge in [-0.25, -0.2) is 8.78 Å². The van der Waals surface area contributed by atoms with Crippen molar-refractivity contribution in [2.45, 2.75) is 0 Å². The Morgan fingerprint density at radius 1 is 1.05 bits per heavy atom. The number of nitrogens with zero attached hydrogens (tertiary/aromatic N) is 2. The molecule has 100 valence electrons. The highest BCUT2D eigenvalue weighted by molar-refractivity contribution is 5.85. The van der Waals surface area contributed by atoms with Gasteiger partial charge in [0.05, 0.1) is 11.9 Å². The molecule has 0 spiro atoms. The topological polar surface area (TPSA) is 61.0 Å². The minimum absolute atomic E-state index is 0.103. The first kappa shape index (κ1) is 12.3. The molecule has 1 heterocycles. The molecule has 0 radical (unpaired) electrons. The van der Waals surface area contributed by atoms with Gasteiger partial charge in [0, 0.05) is 22.9 Å². The number of benzene rings is 2. The third kappa shape index (κ3) is 2.11. The molecule has 2 N–H and O–H groups in total. The van der Waals surface area contributed by atoms with E-state index in [1.165, 1.54) is 0 Å². The fourth-order valence-electron chi connectivity index (χ4n) is 1.80. The molecule has 3 aromatic rings. The van der Waals surface area contributed by atoms with Gasteiger partial charge in [-0.1, -0.05) is 18.2 Å². The lowest BCUT2D eigenvalue weighted by molar-refractivity contribution is 0.423. The van der Waals surface area contributed by atoms with Crippen molar-refractivity contribution in [3.05, 3.63) is 54.2 Å². The van der Waals surface area contributed by atoms with Gasteiger partial charge in [-0.15, -0.1) is 5.10 Å². The van der Waals surface area contributed by atoms with Gasteiger partial charge >= 0.3 is 0 Å². The zero-order valence-electron chi connectivity index (χ0n) is 10.2. The van der Waals surface area contributed by atoms with Crippen molar-refractivity contribution in [2.75, 3.05) is 5.73 Å². The van der Waals surface area contributed by atoms with E-state index >= 15 is 0 Å². The first-order valence-electron chi connectivity index (χ1n) is 5.78. The minimum atomic E-state index is -0.765. The van der Waals surface area contributed by atoms with E-state index in [2.05, 4.69) is 10.2 Å². The SMILES string of the molecule is Nc1cc(F)c(Oc2nncc3ccccc23)cc1F. The van der Waals surface area contributed by atoms with Crippen molar-refractivity contribution in [1.82, 2.24) is 10.2 Å². The van der Waals surface area contributed by atoms with E-state index in [1.807, 2.05) is 12.1 Å². The highest BCUT2D eigenvalue weighted by atomic mass is 19.1. The summed E-state index contributed by atoms with van der Waals surface area (Å²) >= 11 is 0. The zero-order chi connectivity index (χ0) is 14.1. The standard InChI is InChI=1S/C14H9F2N3O/c15-10-6-13(11(16)5-12(10)17)20-14-9-4-2-1-3-8(9)7-18-19-14/h1-7H,17H2. The van der Waals surface area contributed by atoms with Crippen LogP contribution in [-0.2, 0) is 0 Å². The third-order valence-corrected chi connectivity index (χ3v) is 2.79. The van der Waals surface area contributed by atoms with Crippen LogP contribution in [0.25, 0.3) is 10.8 Å². The Bertz CT molecular complexity index is 787. The van der Waals surface area contributed by atoms with E-state index in [-0.39, 0.29) is 17.3 Å². The summed E-state index contributed by atoms with van der Waals surface area (Å²) in [6.45, 7) is 0. The molecule has 0 amide bonds. The van der Waals surface area contributed by atoms with Crippen LogP contribution in [0.2, 0.25) is 0 Å². The molecule has 0 saturated heterocycles. The Morgan fingerprint density at radius 3 is 2.70 bits per heavy atom. The quantitative estimate of drug-likeness (QED) is 0.728. The first-order valence-corrected chi connectivity index (χ1v) is 5.78. The summed E-state index contributed by atoms with van der Waals surface area (Å²) in [4.78, 5) is 0. The van der Waals surface area contributed by atoms with Crippen LogP contribution in [0.1, 0.15) is 0 Å². The average Bonchev–Trinajstić information content (AvgIpc) is 2.45. The fraction of sp³-hybridized carbons (Fsp3) is 0. The zero-order valence-corrected chi connectivity index (χ0v) is 10.2. The van der Waals surface area contributed by atoms with Crippen LogP contribution >= 0.6 is 0 Å². The fourth-order valence-corrected chi connectivity index (χ4v) is 1.80. The predicted molar refractivity (Wildman–Crippen MR) is 70.4 cm³/mol. The Kier molecular flexibility index (Phi) is 2.90. The molecule has 0 aliphatic rings. The van der Waals surface area contributed by atoms with Crippen LogP contribution in [0.5, 0.6) is 11.6 Å². The number of nitrogens with two attached hydrogens (primary N) is 1. The maximum Gasteiger partial charge on any atom is 0.246 e. The smallest absolute Gasteiger partial charge is 0.246 e. The van der Waals surface area contributed by atoms with Gasteiger partial charge in [0.15, 0.2) is 11.6 Å². The van der Waals surface area contributed by atoms with Gasteiger partial charge in [0.2, 0.25) is 5.88 Å². The molecule has 6 heteroatoms. The number of hydrogen-bond acceptors (Lipinski definition) is 4. The molecule has 0 saturated carbocycles. The van der Waals surface area contributed by atoms with Gasteiger partial charge in [-0.05, 0) is 6.07 Å². The molecule has 20 heavy (non-hydrogen) atoms. The highest BCUT2D eigenvalue weighted by Gasteiger charge is 2.12. The number of fused-ring (bicyclic) bond motifs is 1. The van der Waals surface area contributed by atoms with Crippen LogP contribution in [0, 0.1) is 11.6 Å². The van der Waals surface area contributed by atoms with E-state index in [4.69, 9.17) is 10.5 Å². The summed E-state index contributed by atoms with van der Waals surface area (Å²) in [6.07, 6.45) is 1.56. The molecule has 0 fully saturated rings. The molecule has 0 aliphatic heterocycles. The molecule has 0 aliphatic carbocycles. The maximum absolute atomic E-state index is 13.7. The number of halogens is 2. The van der Waals surface area contributed by atoms with Gasteiger partial charge in [-0.3, -0.25) is 0 Å². The van der Waals surface area contributed by atoms with Gasteiger partial charge in [0.25, 0.3) is 0 Å². The Labute approximate surface area is 112 Å². The summed E-state index contributed by atoms with van der Waals surface area (Å²) in [5.74, 6) is -1.71. The summed E-state index contributed by atoms with van der Waals surface area (Å²) in [6, 6.07) is 8.94. The summed E-state index contributed by atoms with van der Waals surface area (Å²) in [5, 5.41) is 9.00. The van der Waals surface area contributed by atoms with E-state index in [9.17, 15) is 8.78 Å². The van der Waals surface area contributed by atoms with Crippen LogP contribution in [-0.4, -0.2) is 10.2 Å². The van der Waals surface area contributed by atoms with Crippen molar-refractivity contribution in [2.24, 2.45) is 0 Å². The summed E-state index contributed by atoms with van der Waals surface area (Å²) in [7, 11) is 0. The van der Waals surface area contributed by atoms with Gasteiger partial charge < -0.3 is 10.5 Å². The summed E-state index contributed by atoms with van der Waals surface area (Å²) < 4.78 is 32.4. The molecule has 3 rings (SSSR count). The number of aromatic nitrogens is 2. The maximum atomic E-state index is 13.7. The Hall–Kier alpha value is -2.76. The largest absolute Gasteiger partial charge is 0.434 e. The highest BCUT2D eigenvalue weighted by Crippen LogP contribution is 2.30. The second-order valence-electron chi connectivity index (χ2n) is 4.14. The third-order valence-electron chi connectivity index (χ3n) is 2.79. The minimum Gasteiger partial charge on any atom is -0.434 e. The van der Waals surface area contributed by atoms with E-state index < -0.39 is 11.6 Å². The van der Waals surface area contributed by atoms with Crippen molar-refractivity contribution < 1.29 is 13.5 Å². The molecular weight excluding hydrogens is 264 g/mol. The number of rotatable bonds is 2. The molecule has 4 nitrogen and oxygen atoms in total.